The third-order valence-electron chi connectivity index (χ3n) is 3.51. The van der Waals surface area contributed by atoms with Crippen LogP contribution in [0, 0.1) is 0 Å². The number of ketones is 1. The van der Waals surface area contributed by atoms with Gasteiger partial charge in [-0.2, -0.15) is 0 Å². The second-order valence-corrected chi connectivity index (χ2v) is 5.05. The molecule has 22 heavy (non-hydrogen) atoms. The molecular formula is C19H23NO2. The van der Waals surface area contributed by atoms with Crippen molar-refractivity contribution in [3.05, 3.63) is 54.1 Å². The van der Waals surface area contributed by atoms with Crippen LogP contribution in [0.4, 0.5) is 0 Å². The number of likely N-dealkylation sites (N-methyl/N-ethyl adjacent to an activating group) is 1. The summed E-state index contributed by atoms with van der Waals surface area (Å²) in [7, 11) is 0. The van der Waals surface area contributed by atoms with Crippen molar-refractivity contribution in [1.82, 2.24) is 5.32 Å². The smallest absolute Gasteiger partial charge is 0.162 e. The predicted octanol–water partition coefficient (Wildman–Crippen LogP) is 3.93. The summed E-state index contributed by atoms with van der Waals surface area (Å²) in [4.78, 5) is 11.7. The van der Waals surface area contributed by atoms with E-state index in [1.54, 1.807) is 0 Å². The Kier molecular flexibility index (Phi) is 6.16. The van der Waals surface area contributed by atoms with Crippen molar-refractivity contribution in [2.24, 2.45) is 0 Å². The highest BCUT2D eigenvalue weighted by Gasteiger charge is 2.07. The van der Waals surface area contributed by atoms with E-state index in [1.165, 1.54) is 0 Å². The number of ether oxygens (including phenoxy) is 1. The van der Waals surface area contributed by atoms with Crippen LogP contribution >= 0.6 is 0 Å². The van der Waals surface area contributed by atoms with Gasteiger partial charge in [0.1, 0.15) is 12.4 Å². The third-order valence-corrected chi connectivity index (χ3v) is 3.51. The molecule has 0 aliphatic heterocycles. The van der Waals surface area contributed by atoms with Crippen molar-refractivity contribution in [1.29, 1.82) is 0 Å². The van der Waals surface area contributed by atoms with Gasteiger partial charge in [-0.25, -0.2) is 0 Å². The Morgan fingerprint density at radius 3 is 2.45 bits per heavy atom. The Morgan fingerprint density at radius 1 is 1.05 bits per heavy atom. The Bertz CT molecular complexity index is 605. The van der Waals surface area contributed by atoms with E-state index in [-0.39, 0.29) is 5.78 Å². The summed E-state index contributed by atoms with van der Waals surface area (Å²) in [5, 5.41) is 3.24. The number of hydrogen-bond donors (Lipinski definition) is 1. The fraction of sp³-hybridized carbons (Fsp3) is 0.316. The molecule has 0 aromatic heterocycles. The van der Waals surface area contributed by atoms with Crippen molar-refractivity contribution in [3.63, 3.8) is 0 Å². The summed E-state index contributed by atoms with van der Waals surface area (Å²) in [6.45, 7) is 6.36. The van der Waals surface area contributed by atoms with E-state index in [1.807, 2.05) is 55.5 Å². The molecule has 0 unspecified atom stereocenters. The van der Waals surface area contributed by atoms with E-state index in [9.17, 15) is 4.79 Å². The molecule has 3 heteroatoms. The molecule has 0 atom stereocenters. The van der Waals surface area contributed by atoms with Gasteiger partial charge in [-0.3, -0.25) is 4.79 Å². The number of para-hydroxylation sites is 1. The number of Topliss-reactive ketones (excluding diaryl/α,β-unsaturated/α-hetero) is 1. The zero-order chi connectivity index (χ0) is 15.8. The minimum Gasteiger partial charge on any atom is -0.492 e. The summed E-state index contributed by atoms with van der Waals surface area (Å²) < 4.78 is 5.86. The SMILES string of the molecule is CCNCCOc1ccccc1-c1ccc(C(=O)CC)cc1. The zero-order valence-electron chi connectivity index (χ0n) is 13.3. The number of benzene rings is 2. The maximum Gasteiger partial charge on any atom is 0.162 e. The highest BCUT2D eigenvalue weighted by Crippen LogP contribution is 2.30. The molecule has 0 aliphatic carbocycles. The molecule has 2 rings (SSSR count). The Morgan fingerprint density at radius 2 is 1.77 bits per heavy atom. The number of hydrogen-bond acceptors (Lipinski definition) is 3. The number of carbonyl (C=O) groups excluding carboxylic acids is 1. The van der Waals surface area contributed by atoms with Crippen LogP contribution in [-0.4, -0.2) is 25.5 Å². The highest BCUT2D eigenvalue weighted by atomic mass is 16.5. The molecule has 1 N–H and O–H groups in total. The minimum absolute atomic E-state index is 0.168. The largest absolute Gasteiger partial charge is 0.492 e. The summed E-state index contributed by atoms with van der Waals surface area (Å²) in [5.41, 5.74) is 2.87. The van der Waals surface area contributed by atoms with Crippen LogP contribution in [-0.2, 0) is 0 Å². The van der Waals surface area contributed by atoms with E-state index < -0.39 is 0 Å². The van der Waals surface area contributed by atoms with Crippen molar-refractivity contribution in [2.45, 2.75) is 20.3 Å². The van der Waals surface area contributed by atoms with E-state index in [0.717, 1.165) is 35.5 Å². The fourth-order valence-electron chi connectivity index (χ4n) is 2.28. The zero-order valence-corrected chi connectivity index (χ0v) is 13.3. The topological polar surface area (TPSA) is 38.3 Å². The average molecular weight is 297 g/mol. The number of carbonyl (C=O) groups is 1. The first kappa shape index (κ1) is 16.2. The molecule has 0 heterocycles. The van der Waals surface area contributed by atoms with Gasteiger partial charge in [0.05, 0.1) is 0 Å². The van der Waals surface area contributed by atoms with Crippen LogP contribution in [0.5, 0.6) is 5.75 Å². The Labute approximate surface area is 132 Å². The lowest BCUT2D eigenvalue weighted by Gasteiger charge is -2.12. The standard InChI is InChI=1S/C19H23NO2/c1-3-18(21)16-11-9-15(10-12-16)17-7-5-6-8-19(17)22-14-13-20-4-2/h5-12,20H,3-4,13-14H2,1-2H3. The van der Waals surface area contributed by atoms with Crippen LogP contribution in [0.15, 0.2) is 48.5 Å². The normalized spacial score (nSPS) is 10.5. The first-order valence-corrected chi connectivity index (χ1v) is 7.82. The molecule has 0 saturated carbocycles. The fourth-order valence-corrected chi connectivity index (χ4v) is 2.28. The van der Waals surface area contributed by atoms with E-state index in [4.69, 9.17) is 4.74 Å². The maximum atomic E-state index is 11.7. The molecule has 3 nitrogen and oxygen atoms in total. The molecule has 116 valence electrons. The van der Waals surface area contributed by atoms with Crippen LogP contribution in [0.3, 0.4) is 0 Å². The van der Waals surface area contributed by atoms with Gasteiger partial charge in [0, 0.05) is 24.1 Å². The van der Waals surface area contributed by atoms with Crippen LogP contribution in [0.1, 0.15) is 30.6 Å². The van der Waals surface area contributed by atoms with Crippen LogP contribution in [0.2, 0.25) is 0 Å². The monoisotopic (exact) mass is 297 g/mol. The summed E-state index contributed by atoms with van der Waals surface area (Å²) in [5.74, 6) is 1.04. The van der Waals surface area contributed by atoms with Gasteiger partial charge in [-0.1, -0.05) is 56.3 Å². The summed E-state index contributed by atoms with van der Waals surface area (Å²) in [6.07, 6.45) is 0.531. The number of rotatable bonds is 8. The minimum atomic E-state index is 0.168. The van der Waals surface area contributed by atoms with Crippen LogP contribution in [0.25, 0.3) is 11.1 Å². The summed E-state index contributed by atoms with van der Waals surface area (Å²) in [6, 6.07) is 15.7. The first-order chi connectivity index (χ1) is 10.8. The molecule has 2 aromatic carbocycles. The van der Waals surface area contributed by atoms with Crippen molar-refractivity contribution in [3.8, 4) is 16.9 Å². The second kappa shape index (κ2) is 8.35. The van der Waals surface area contributed by atoms with E-state index in [0.29, 0.717) is 13.0 Å². The van der Waals surface area contributed by atoms with Gasteiger partial charge in [0.15, 0.2) is 5.78 Å². The van der Waals surface area contributed by atoms with Crippen molar-refractivity contribution >= 4 is 5.78 Å². The van der Waals surface area contributed by atoms with E-state index >= 15 is 0 Å². The summed E-state index contributed by atoms with van der Waals surface area (Å²) >= 11 is 0. The lowest BCUT2D eigenvalue weighted by Crippen LogP contribution is -2.20. The molecule has 0 amide bonds. The Hall–Kier alpha value is -2.13. The Balaban J connectivity index is 2.16. The van der Waals surface area contributed by atoms with Crippen molar-refractivity contribution < 1.29 is 9.53 Å². The van der Waals surface area contributed by atoms with Gasteiger partial charge < -0.3 is 10.1 Å². The quantitative estimate of drug-likeness (QED) is 0.592. The molecule has 2 aromatic rings. The molecule has 0 aliphatic rings. The maximum absolute atomic E-state index is 11.7. The van der Waals surface area contributed by atoms with Crippen molar-refractivity contribution in [2.75, 3.05) is 19.7 Å². The van der Waals surface area contributed by atoms with Gasteiger partial charge >= 0.3 is 0 Å². The van der Waals surface area contributed by atoms with Gasteiger partial charge in [-0.15, -0.1) is 0 Å². The molecule has 0 radical (unpaired) electrons. The molecule has 0 spiro atoms. The predicted molar refractivity (Wildman–Crippen MR) is 90.5 cm³/mol. The van der Waals surface area contributed by atoms with E-state index in [2.05, 4.69) is 12.2 Å². The molecule has 0 bridgehead atoms. The van der Waals surface area contributed by atoms with Gasteiger partial charge in [-0.05, 0) is 18.2 Å². The molecular weight excluding hydrogens is 274 g/mol. The first-order valence-electron chi connectivity index (χ1n) is 7.82. The molecule has 0 fully saturated rings. The third kappa shape index (κ3) is 4.18. The highest BCUT2D eigenvalue weighted by molar-refractivity contribution is 5.96. The molecule has 0 saturated heterocycles. The average Bonchev–Trinajstić information content (AvgIpc) is 2.58. The second-order valence-electron chi connectivity index (χ2n) is 5.05. The van der Waals surface area contributed by atoms with Gasteiger partial charge in [0.25, 0.3) is 0 Å². The lowest BCUT2D eigenvalue weighted by molar-refractivity contribution is 0.0988. The lowest BCUT2D eigenvalue weighted by atomic mass is 10.0. The number of nitrogens with one attached hydrogen (secondary N) is 1. The van der Waals surface area contributed by atoms with Gasteiger partial charge in [0.2, 0.25) is 0 Å². The van der Waals surface area contributed by atoms with Crippen LogP contribution < -0.4 is 10.1 Å².